The molecule has 1 heterocycles. The molecule has 114 valence electrons. The van der Waals surface area contributed by atoms with E-state index in [-0.39, 0.29) is 24.7 Å². The van der Waals surface area contributed by atoms with Gasteiger partial charge in [0.25, 0.3) is 0 Å². The van der Waals surface area contributed by atoms with Crippen molar-refractivity contribution in [2.45, 2.75) is 19.8 Å². The van der Waals surface area contributed by atoms with Gasteiger partial charge < -0.3 is 5.32 Å². The minimum atomic E-state index is -0.285. The molecule has 0 fully saturated rings. The van der Waals surface area contributed by atoms with E-state index < -0.39 is 0 Å². The van der Waals surface area contributed by atoms with Crippen LogP contribution in [0.5, 0.6) is 0 Å². The Morgan fingerprint density at radius 1 is 1.14 bits per heavy atom. The fraction of sp³-hybridized carbons (Fsp3) is 0.188. The Kier molecular flexibility index (Phi) is 5.85. The fourth-order valence-electron chi connectivity index (χ4n) is 1.68. The average Bonchev–Trinajstić information content (AvgIpc) is 3.01. The zero-order valence-electron chi connectivity index (χ0n) is 12.2. The molecule has 0 radical (unpaired) electrons. The number of rotatable bonds is 6. The molecular formula is C16H17N3O2S. The first kappa shape index (κ1) is 15.9. The molecule has 2 aromatic rings. The molecule has 2 N–H and O–H groups in total. The van der Waals surface area contributed by atoms with E-state index in [0.29, 0.717) is 0 Å². The molecule has 1 aromatic carbocycles. The van der Waals surface area contributed by atoms with Crippen molar-refractivity contribution in [2.24, 2.45) is 5.10 Å². The Morgan fingerprint density at radius 2 is 1.86 bits per heavy atom. The number of aryl methyl sites for hydroxylation is 1. The van der Waals surface area contributed by atoms with Crippen LogP contribution in [0, 0.1) is 6.92 Å². The molecule has 0 saturated heterocycles. The van der Waals surface area contributed by atoms with Crippen molar-refractivity contribution in [3.8, 4) is 0 Å². The van der Waals surface area contributed by atoms with E-state index >= 15 is 0 Å². The average molecular weight is 315 g/mol. The van der Waals surface area contributed by atoms with E-state index in [4.69, 9.17) is 0 Å². The van der Waals surface area contributed by atoms with Gasteiger partial charge in [0.05, 0.1) is 6.21 Å². The molecular weight excluding hydrogens is 298 g/mol. The standard InChI is InChI=1S/C16H17N3O2S/c1-12-4-6-13(7-5-12)18-15(20)8-9-16(21)19-17-11-14-3-2-10-22-14/h2-7,10-11H,8-9H2,1H3,(H,18,20)(H,19,21). The minimum absolute atomic E-state index is 0.0967. The molecule has 0 aliphatic carbocycles. The van der Waals surface area contributed by atoms with Gasteiger partial charge >= 0.3 is 0 Å². The van der Waals surface area contributed by atoms with E-state index in [1.165, 1.54) is 11.3 Å². The van der Waals surface area contributed by atoms with Crippen LogP contribution in [0.4, 0.5) is 5.69 Å². The minimum Gasteiger partial charge on any atom is -0.326 e. The smallest absolute Gasteiger partial charge is 0.240 e. The van der Waals surface area contributed by atoms with Crippen LogP contribution in [0.3, 0.4) is 0 Å². The Bertz CT molecular complexity index is 649. The summed E-state index contributed by atoms with van der Waals surface area (Å²) in [7, 11) is 0. The highest BCUT2D eigenvalue weighted by Gasteiger charge is 2.06. The number of thiophene rings is 1. The van der Waals surface area contributed by atoms with Gasteiger partial charge in [-0.1, -0.05) is 23.8 Å². The van der Waals surface area contributed by atoms with Gasteiger partial charge in [-0.3, -0.25) is 9.59 Å². The summed E-state index contributed by atoms with van der Waals surface area (Å²) < 4.78 is 0. The number of hydrazone groups is 1. The summed E-state index contributed by atoms with van der Waals surface area (Å²) in [6.07, 6.45) is 1.79. The Balaban J connectivity index is 1.69. The molecule has 22 heavy (non-hydrogen) atoms. The van der Waals surface area contributed by atoms with Crippen LogP contribution in [0.15, 0.2) is 46.9 Å². The van der Waals surface area contributed by atoms with Gasteiger partial charge in [0.15, 0.2) is 0 Å². The first-order chi connectivity index (χ1) is 10.6. The number of hydrogen-bond donors (Lipinski definition) is 2. The second kappa shape index (κ2) is 8.09. The third-order valence-corrected chi connectivity index (χ3v) is 3.65. The summed E-state index contributed by atoms with van der Waals surface area (Å²) in [5.74, 6) is -0.479. The van der Waals surface area contributed by atoms with Crippen molar-refractivity contribution in [3.63, 3.8) is 0 Å². The van der Waals surface area contributed by atoms with Crippen molar-refractivity contribution in [2.75, 3.05) is 5.32 Å². The number of carbonyl (C=O) groups excluding carboxylic acids is 2. The van der Waals surface area contributed by atoms with Crippen LogP contribution in [0.2, 0.25) is 0 Å². The van der Waals surface area contributed by atoms with Crippen LogP contribution in [-0.2, 0) is 9.59 Å². The summed E-state index contributed by atoms with van der Waals surface area (Å²) in [6.45, 7) is 1.98. The Hall–Kier alpha value is -2.47. The molecule has 1 aromatic heterocycles. The van der Waals surface area contributed by atoms with E-state index in [2.05, 4.69) is 15.8 Å². The highest BCUT2D eigenvalue weighted by Crippen LogP contribution is 2.09. The van der Waals surface area contributed by atoms with Crippen molar-refractivity contribution in [3.05, 3.63) is 52.2 Å². The second-order valence-electron chi connectivity index (χ2n) is 4.72. The predicted molar refractivity (Wildman–Crippen MR) is 89.1 cm³/mol. The SMILES string of the molecule is Cc1ccc(NC(=O)CCC(=O)NN=Cc2cccs2)cc1. The van der Waals surface area contributed by atoms with Gasteiger partial charge in [-0.25, -0.2) is 5.43 Å². The summed E-state index contributed by atoms with van der Waals surface area (Å²) in [6, 6.07) is 11.3. The number of benzene rings is 1. The van der Waals surface area contributed by atoms with Gasteiger partial charge in [-0.15, -0.1) is 11.3 Å². The number of amides is 2. The van der Waals surface area contributed by atoms with E-state index in [0.717, 1.165) is 16.1 Å². The lowest BCUT2D eigenvalue weighted by Gasteiger charge is -2.05. The van der Waals surface area contributed by atoms with Crippen molar-refractivity contribution >= 4 is 35.1 Å². The Morgan fingerprint density at radius 3 is 2.55 bits per heavy atom. The van der Waals surface area contributed by atoms with Gasteiger partial charge in [-0.05, 0) is 30.5 Å². The highest BCUT2D eigenvalue weighted by atomic mass is 32.1. The van der Waals surface area contributed by atoms with Crippen molar-refractivity contribution in [1.82, 2.24) is 5.43 Å². The molecule has 2 amide bonds. The molecule has 0 atom stereocenters. The number of nitrogens with one attached hydrogen (secondary N) is 2. The predicted octanol–water partition coefficient (Wildman–Crippen LogP) is 2.93. The molecule has 0 aliphatic heterocycles. The van der Waals surface area contributed by atoms with E-state index in [1.54, 1.807) is 6.21 Å². The van der Waals surface area contributed by atoms with Crippen LogP contribution in [-0.4, -0.2) is 18.0 Å². The number of nitrogens with zero attached hydrogens (tertiary/aromatic N) is 1. The topological polar surface area (TPSA) is 70.6 Å². The lowest BCUT2D eigenvalue weighted by atomic mass is 10.2. The number of anilines is 1. The molecule has 5 nitrogen and oxygen atoms in total. The third kappa shape index (κ3) is 5.49. The lowest BCUT2D eigenvalue weighted by Crippen LogP contribution is -2.20. The molecule has 6 heteroatoms. The normalized spacial score (nSPS) is 10.6. The second-order valence-corrected chi connectivity index (χ2v) is 5.70. The summed E-state index contributed by atoms with van der Waals surface area (Å²) in [5, 5.41) is 8.52. The van der Waals surface area contributed by atoms with Crippen molar-refractivity contribution in [1.29, 1.82) is 0 Å². The quantitative estimate of drug-likeness (QED) is 0.635. The maximum atomic E-state index is 11.7. The zero-order chi connectivity index (χ0) is 15.8. The van der Waals surface area contributed by atoms with Crippen LogP contribution < -0.4 is 10.7 Å². The summed E-state index contributed by atoms with van der Waals surface area (Å²) in [4.78, 5) is 24.3. The van der Waals surface area contributed by atoms with Crippen LogP contribution in [0.25, 0.3) is 0 Å². The number of carbonyl (C=O) groups is 2. The Labute approximate surface area is 133 Å². The first-order valence-corrected chi connectivity index (χ1v) is 7.73. The van der Waals surface area contributed by atoms with Gasteiger partial charge in [-0.2, -0.15) is 5.10 Å². The van der Waals surface area contributed by atoms with E-state index in [9.17, 15) is 9.59 Å². The van der Waals surface area contributed by atoms with Gasteiger partial charge in [0.2, 0.25) is 11.8 Å². The van der Waals surface area contributed by atoms with Crippen LogP contribution >= 0.6 is 11.3 Å². The van der Waals surface area contributed by atoms with Gasteiger partial charge in [0, 0.05) is 23.4 Å². The maximum absolute atomic E-state index is 11.7. The highest BCUT2D eigenvalue weighted by molar-refractivity contribution is 7.11. The summed E-state index contributed by atoms with van der Waals surface area (Å²) in [5.41, 5.74) is 4.26. The number of hydrogen-bond acceptors (Lipinski definition) is 4. The molecule has 0 spiro atoms. The summed E-state index contributed by atoms with van der Waals surface area (Å²) >= 11 is 1.53. The van der Waals surface area contributed by atoms with E-state index in [1.807, 2.05) is 48.7 Å². The molecule has 0 unspecified atom stereocenters. The monoisotopic (exact) mass is 315 g/mol. The first-order valence-electron chi connectivity index (χ1n) is 6.85. The largest absolute Gasteiger partial charge is 0.326 e. The zero-order valence-corrected chi connectivity index (χ0v) is 13.0. The molecule has 0 aliphatic rings. The van der Waals surface area contributed by atoms with Crippen LogP contribution in [0.1, 0.15) is 23.3 Å². The molecule has 0 bridgehead atoms. The van der Waals surface area contributed by atoms with Gasteiger partial charge in [0.1, 0.15) is 0 Å². The molecule has 0 saturated carbocycles. The maximum Gasteiger partial charge on any atom is 0.240 e. The fourth-order valence-corrected chi connectivity index (χ4v) is 2.26. The lowest BCUT2D eigenvalue weighted by molar-refractivity contribution is -0.124. The van der Waals surface area contributed by atoms with Crippen molar-refractivity contribution < 1.29 is 9.59 Å². The third-order valence-electron chi connectivity index (χ3n) is 2.84. The molecule has 2 rings (SSSR count).